The SMILES string of the molecule is CN(C)CCNS(=O)(=O)c1ccc2c3c(cc([N+](=O)[O-])c2c1)N(C(=O)c1cc2cc(OCCN(C)CCOc4ccc5[nH]c(C(=O)N6C[C@@H](CCl)c7c6cc([N+](=O)[O-])c6cc(S(=O)(=O)NCCO[PH](O)(O)O)ccc76)cc5c4)ccc2[nH]1)C[C@H]3CCl. The summed E-state index contributed by atoms with van der Waals surface area (Å²) >= 11 is 12.9. The maximum Gasteiger partial charge on any atom is 0.0462 e. The number of amides is 2. The number of H-pyrrole nitrogens is 2. The van der Waals surface area contributed by atoms with Crippen LogP contribution in [0.4, 0.5) is 22.7 Å². The fraction of sp³-hybridized carbons (Fsp3) is 0.309. The van der Waals surface area contributed by atoms with Crippen molar-refractivity contribution in [1.29, 1.82) is 0 Å². The van der Waals surface area contributed by atoms with E-state index in [0.717, 1.165) is 6.07 Å². The number of hydrogen-bond donors (Lipinski definition) is 7. The Labute approximate surface area is 502 Å². The minimum Gasteiger partial charge on any atom is -0.351 e. The summed E-state index contributed by atoms with van der Waals surface area (Å²) in [5, 5.41) is 27.2. The third kappa shape index (κ3) is 12.9. The molecule has 456 valence electrons. The number of nitro groups is 2. The van der Waals surface area contributed by atoms with Crippen LogP contribution in [-0.2, 0) is 24.6 Å². The zero-order chi connectivity index (χ0) is 61.6. The molecule has 26 nitrogen and oxygen atoms in total. The van der Waals surface area contributed by atoms with Crippen molar-refractivity contribution in [3.63, 3.8) is 0 Å². The van der Waals surface area contributed by atoms with Crippen LogP contribution in [-0.4, -0.2) is 171 Å². The minimum absolute atomic E-state index is 0.00856. The first-order valence-corrected chi connectivity index (χ1v) is 32.5. The van der Waals surface area contributed by atoms with E-state index < -0.39 is 80.6 Å². The number of nitro benzene ring substituents is 2. The quantitative estimate of drug-likeness (QED) is 0.0103. The van der Waals surface area contributed by atoms with Crippen LogP contribution in [0.3, 0.4) is 0 Å². The van der Waals surface area contributed by atoms with Crippen LogP contribution >= 0.6 is 31.4 Å². The summed E-state index contributed by atoms with van der Waals surface area (Å²) in [6, 6.07) is 24.6. The molecule has 2 atom stereocenters. The molecule has 86 heavy (non-hydrogen) atoms. The molecule has 0 bridgehead atoms. The Morgan fingerprint density at radius 3 is 1.48 bits per heavy atom. The van der Waals surface area contributed by atoms with Gasteiger partial charge in [-0.3, -0.25) is 24.6 Å². The Bertz CT molecular complexity index is 4240. The second kappa shape index (κ2) is 24.9. The molecule has 7 N–H and O–H groups in total. The van der Waals surface area contributed by atoms with Crippen LogP contribution in [0.2, 0.25) is 0 Å². The number of anilines is 2. The van der Waals surface area contributed by atoms with Crippen molar-refractivity contribution in [3.8, 4) is 11.5 Å². The predicted octanol–water partition coefficient (Wildman–Crippen LogP) is 6.65. The summed E-state index contributed by atoms with van der Waals surface area (Å²) in [7, 11) is -7.64. The van der Waals surface area contributed by atoms with E-state index in [1.54, 1.807) is 62.6 Å². The smallest absolute Gasteiger partial charge is 0.0462 e. The summed E-state index contributed by atoms with van der Waals surface area (Å²) in [6.45, 7) is 1.46. The average Bonchev–Trinajstić information content (AvgIpc) is 1.57. The van der Waals surface area contributed by atoms with Gasteiger partial charge in [0.05, 0.1) is 20.9 Å². The van der Waals surface area contributed by atoms with Crippen LogP contribution in [0.5, 0.6) is 11.5 Å². The van der Waals surface area contributed by atoms with Gasteiger partial charge in [0.2, 0.25) is 10.0 Å². The standard InChI is InChI=1S/C55H59Cl2N10O16PS2/c1-62(2)14-12-58-85(77,78)38-6-8-40-42(24-38)48(66(70)71)26-50-52(40)34(28-56)30-64(50)54(68)46-22-32-20-36(4-10-44(32)60-46)81-18-15-63(3)16-19-82-37-5-11-45-33(21-37)23-47(61-45)55(69)65-31-35(29-57)53-41-9-7-39(25-43(41)49(67(72)73)27-51(53)65)86(79,80)59-13-17-83-84(74,75)76/h4-11,20-27,34-35,58-61,74-76,84H,12-19,28-31H2,1-3H3/t34-,35-/m1/s1. The molecule has 2 aliphatic heterocycles. The molecule has 31 heteroatoms. The molecule has 0 aliphatic carbocycles. The molecule has 8 aromatic rings. The first-order chi connectivity index (χ1) is 40.8. The molecule has 2 aromatic heterocycles. The molecule has 0 saturated carbocycles. The molecule has 0 radical (unpaired) electrons. The van der Waals surface area contributed by atoms with Gasteiger partial charge in [-0.25, -0.2) is 13.1 Å². The number of likely N-dealkylation sites (N-methyl/N-ethyl adjacent to an activating group) is 2. The Hall–Kier alpha value is -7.15. The molecular weight excluding hydrogens is 1220 g/mol. The Morgan fingerprint density at radius 1 is 0.628 bits per heavy atom. The van der Waals surface area contributed by atoms with E-state index in [2.05, 4.69) is 23.9 Å². The molecule has 0 spiro atoms. The summed E-state index contributed by atoms with van der Waals surface area (Å²) in [6.07, 6.45) is 0. The van der Waals surface area contributed by atoms with Crippen LogP contribution in [0.15, 0.2) is 107 Å². The van der Waals surface area contributed by atoms with Crippen LogP contribution in [0.25, 0.3) is 43.4 Å². The fourth-order valence-electron chi connectivity index (χ4n) is 10.8. The summed E-state index contributed by atoms with van der Waals surface area (Å²) in [5.41, 5.74) is 2.62. The number of carbonyl (C=O) groups is 2. The normalized spacial score (nSPS) is 15.6. The molecule has 4 heterocycles. The number of halogens is 2. The molecule has 10 rings (SSSR count). The van der Waals surface area contributed by atoms with Gasteiger partial charge in [-0.2, -0.15) is 0 Å². The molecule has 6 aromatic carbocycles. The molecule has 0 saturated heterocycles. The number of aromatic nitrogens is 2. The van der Waals surface area contributed by atoms with Gasteiger partial charge in [-0.1, -0.05) is 6.07 Å². The van der Waals surface area contributed by atoms with Gasteiger partial charge in [0.25, 0.3) is 17.5 Å². The number of rotatable bonds is 25. The average molecular weight is 1280 g/mol. The fourth-order valence-corrected chi connectivity index (χ4v) is 13.8. The summed E-state index contributed by atoms with van der Waals surface area (Å²) < 4.78 is 74.0. The second-order valence-corrected chi connectivity index (χ2v) is 26.6. The number of alkyl halides is 2. The van der Waals surface area contributed by atoms with Crippen molar-refractivity contribution in [2.24, 2.45) is 0 Å². The van der Waals surface area contributed by atoms with Gasteiger partial charge in [0.15, 0.2) is 0 Å². The zero-order valence-electron chi connectivity index (χ0n) is 46.3. The van der Waals surface area contributed by atoms with Crippen molar-refractivity contribution in [2.75, 3.05) is 108 Å². The van der Waals surface area contributed by atoms with Gasteiger partial charge >= 0.3 is 159 Å². The maximum absolute atomic E-state index is 14.3. The number of nitrogens with zero attached hydrogens (tertiary/aromatic N) is 6. The van der Waals surface area contributed by atoms with Crippen molar-refractivity contribution < 1.29 is 64.9 Å². The van der Waals surface area contributed by atoms with Crippen molar-refractivity contribution in [2.45, 2.75) is 21.6 Å². The van der Waals surface area contributed by atoms with Crippen molar-refractivity contribution >= 4 is 129 Å². The van der Waals surface area contributed by atoms with E-state index in [9.17, 15) is 46.7 Å². The first-order valence-electron chi connectivity index (χ1n) is 26.7. The number of carbonyl (C=O) groups excluding carboxylic acids is 2. The van der Waals surface area contributed by atoms with Crippen LogP contribution < -0.4 is 28.7 Å². The van der Waals surface area contributed by atoms with E-state index in [4.69, 9.17) is 47.4 Å². The van der Waals surface area contributed by atoms with Crippen LogP contribution in [0, 0.1) is 20.2 Å². The van der Waals surface area contributed by atoms with Gasteiger partial charge in [0, 0.05) is 72.4 Å². The second-order valence-electron chi connectivity index (χ2n) is 21.0. The Balaban J connectivity index is 0.750. The molecule has 0 unspecified atom stereocenters. The van der Waals surface area contributed by atoms with Gasteiger partial charge in [-0.15, -0.1) is 23.2 Å². The predicted molar refractivity (Wildman–Crippen MR) is 326 cm³/mol. The molecule has 2 aliphatic rings. The molecule has 0 fully saturated rings. The van der Waals surface area contributed by atoms with Gasteiger partial charge in [-0.05, 0) is 92.8 Å². The number of benzene rings is 6. The number of sulfonamides is 2. The molecule has 2 amide bonds. The number of ether oxygens (including phenoxy) is 2. The third-order valence-corrected chi connectivity index (χ3v) is 19.2. The van der Waals surface area contributed by atoms with Crippen molar-refractivity contribution in [1.82, 2.24) is 29.2 Å². The Kier molecular flexibility index (Phi) is 17.9. The third-order valence-electron chi connectivity index (χ3n) is 15.0. The van der Waals surface area contributed by atoms with Crippen LogP contribution in [0.1, 0.15) is 43.9 Å². The zero-order valence-corrected chi connectivity index (χ0v) is 50.4. The number of fused-ring (bicyclic) bond motifs is 8. The van der Waals surface area contributed by atoms with Crippen molar-refractivity contribution in [3.05, 3.63) is 140 Å². The summed E-state index contributed by atoms with van der Waals surface area (Å²) in [5.74, 6) is -0.565. The van der Waals surface area contributed by atoms with E-state index >= 15 is 0 Å². The summed E-state index contributed by atoms with van der Waals surface area (Å²) in [4.78, 5) is 92.0. The maximum atomic E-state index is 14.3. The number of aromatic amines is 2. The van der Waals surface area contributed by atoms with E-state index in [1.165, 1.54) is 52.3 Å². The number of hydrogen-bond acceptors (Lipinski definition) is 18. The minimum atomic E-state index is -4.88. The van der Waals surface area contributed by atoms with E-state index in [0.29, 0.717) is 93.7 Å². The topological polar surface area (TPSA) is 346 Å². The van der Waals surface area contributed by atoms with E-state index in [-0.39, 0.29) is 74.7 Å². The monoisotopic (exact) mass is 1280 g/mol. The van der Waals surface area contributed by atoms with Gasteiger partial charge < -0.3 is 29.2 Å². The van der Waals surface area contributed by atoms with E-state index in [1.807, 2.05) is 16.8 Å². The Morgan fingerprint density at radius 2 is 1.07 bits per heavy atom. The number of nitrogens with one attached hydrogen (secondary N) is 4. The largest absolute Gasteiger partial charge is 0.351 e. The molecular formula is C55H59Cl2N10O16PS2. The van der Waals surface area contributed by atoms with Gasteiger partial charge in [0.1, 0.15) is 36.1 Å². The number of non-ortho nitro benzene ring substituents is 2. The first kappa shape index (κ1) is 61.9.